The Kier molecular flexibility index (Phi) is 7.46. The lowest BCUT2D eigenvalue weighted by Crippen LogP contribution is -2.15. The molecule has 0 unspecified atom stereocenters. The normalized spacial score (nSPS) is 11.3. The van der Waals surface area contributed by atoms with Crippen LogP contribution in [0.5, 0.6) is 5.75 Å². The predicted octanol–water partition coefficient (Wildman–Crippen LogP) is 6.04. The molecule has 146 valence electrons. The third-order valence-electron chi connectivity index (χ3n) is 5.34. The van der Waals surface area contributed by atoms with E-state index in [0.29, 0.717) is 19.4 Å². The van der Waals surface area contributed by atoms with Gasteiger partial charge < -0.3 is 10.1 Å². The molecule has 1 N–H and O–H groups in total. The Balaban J connectivity index is 1.79. The Morgan fingerprint density at radius 3 is 2.41 bits per heavy atom. The highest BCUT2D eigenvalue weighted by Gasteiger charge is 2.17. The number of hydrogen-bond acceptors (Lipinski definition) is 2. The molecule has 0 heterocycles. The van der Waals surface area contributed by atoms with Crippen LogP contribution in [0, 0.1) is 6.92 Å². The minimum atomic E-state index is 0.0441. The fourth-order valence-corrected chi connectivity index (χ4v) is 3.03. The highest BCUT2D eigenvalue weighted by atomic mass is 16.5. The third kappa shape index (κ3) is 5.85. The van der Waals surface area contributed by atoms with Gasteiger partial charge in [-0.3, -0.25) is 4.79 Å². The number of rotatable bonds is 9. The highest BCUT2D eigenvalue weighted by molar-refractivity contribution is 5.92. The number of para-hydroxylation sites is 1. The van der Waals surface area contributed by atoms with Gasteiger partial charge in [0.25, 0.3) is 0 Å². The van der Waals surface area contributed by atoms with Crippen molar-refractivity contribution >= 4 is 11.6 Å². The van der Waals surface area contributed by atoms with Crippen molar-refractivity contribution in [3.8, 4) is 5.75 Å². The molecular formula is C24H33NO2. The van der Waals surface area contributed by atoms with E-state index in [9.17, 15) is 4.79 Å². The van der Waals surface area contributed by atoms with Gasteiger partial charge in [-0.15, -0.1) is 0 Å². The number of amides is 1. The Morgan fingerprint density at radius 2 is 1.78 bits per heavy atom. The van der Waals surface area contributed by atoms with Crippen molar-refractivity contribution in [1.82, 2.24) is 0 Å². The SMILES string of the molecule is CCc1cccc(C)c1NC(=O)CCCOc1ccc(C(C)(C)CC)cc1. The van der Waals surface area contributed by atoms with Crippen LogP contribution < -0.4 is 10.1 Å². The standard InChI is InChI=1S/C24H33NO2/c1-6-19-11-8-10-18(3)23(19)25-22(26)12-9-17-27-21-15-13-20(14-16-21)24(4,5)7-2/h8,10-11,13-16H,6-7,9,12,17H2,1-5H3,(H,25,26). The largest absolute Gasteiger partial charge is 0.494 e. The average molecular weight is 368 g/mol. The molecule has 2 aromatic rings. The maximum Gasteiger partial charge on any atom is 0.224 e. The molecule has 1 amide bonds. The van der Waals surface area contributed by atoms with Crippen LogP contribution in [0.4, 0.5) is 5.69 Å². The third-order valence-corrected chi connectivity index (χ3v) is 5.34. The number of hydrogen-bond donors (Lipinski definition) is 1. The number of carbonyl (C=O) groups excluding carboxylic acids is 1. The zero-order valence-electron chi connectivity index (χ0n) is 17.4. The number of anilines is 1. The van der Waals surface area contributed by atoms with E-state index >= 15 is 0 Å². The summed E-state index contributed by atoms with van der Waals surface area (Å²) in [5.41, 5.74) is 4.74. The molecule has 0 aromatic heterocycles. The number of nitrogens with one attached hydrogen (secondary N) is 1. The van der Waals surface area contributed by atoms with Gasteiger partial charge in [-0.25, -0.2) is 0 Å². The van der Waals surface area contributed by atoms with Gasteiger partial charge >= 0.3 is 0 Å². The number of aryl methyl sites for hydroxylation is 2. The quantitative estimate of drug-likeness (QED) is 0.548. The first-order valence-electron chi connectivity index (χ1n) is 9.99. The van der Waals surface area contributed by atoms with E-state index in [1.54, 1.807) is 0 Å². The van der Waals surface area contributed by atoms with Gasteiger partial charge in [0.2, 0.25) is 5.91 Å². The molecule has 0 saturated heterocycles. The fraction of sp³-hybridized carbons (Fsp3) is 0.458. The molecule has 27 heavy (non-hydrogen) atoms. The summed E-state index contributed by atoms with van der Waals surface area (Å²) in [7, 11) is 0. The second-order valence-electron chi connectivity index (χ2n) is 7.72. The van der Waals surface area contributed by atoms with Gasteiger partial charge in [0, 0.05) is 12.1 Å². The van der Waals surface area contributed by atoms with Gasteiger partial charge in [-0.1, -0.05) is 58.0 Å². The molecule has 3 heteroatoms. The van der Waals surface area contributed by atoms with Crippen LogP contribution in [0.3, 0.4) is 0 Å². The fourth-order valence-electron chi connectivity index (χ4n) is 3.03. The molecule has 0 spiro atoms. The second-order valence-corrected chi connectivity index (χ2v) is 7.72. The Hall–Kier alpha value is -2.29. The van der Waals surface area contributed by atoms with E-state index in [2.05, 4.69) is 51.2 Å². The van der Waals surface area contributed by atoms with Crippen molar-refractivity contribution in [3.63, 3.8) is 0 Å². The molecule has 0 atom stereocenters. The van der Waals surface area contributed by atoms with Gasteiger partial charge in [0.1, 0.15) is 5.75 Å². The summed E-state index contributed by atoms with van der Waals surface area (Å²) in [5, 5.41) is 3.06. The van der Waals surface area contributed by atoms with Crippen molar-refractivity contribution < 1.29 is 9.53 Å². The average Bonchev–Trinajstić information content (AvgIpc) is 2.67. The minimum absolute atomic E-state index is 0.0441. The highest BCUT2D eigenvalue weighted by Crippen LogP contribution is 2.28. The maximum absolute atomic E-state index is 12.3. The van der Waals surface area contributed by atoms with Gasteiger partial charge in [0.15, 0.2) is 0 Å². The monoisotopic (exact) mass is 367 g/mol. The first-order chi connectivity index (χ1) is 12.9. The van der Waals surface area contributed by atoms with Crippen LogP contribution in [-0.2, 0) is 16.6 Å². The summed E-state index contributed by atoms with van der Waals surface area (Å²) in [6.07, 6.45) is 3.16. The van der Waals surface area contributed by atoms with E-state index < -0.39 is 0 Å². The molecule has 2 aromatic carbocycles. The van der Waals surface area contributed by atoms with Crippen molar-refractivity contribution in [1.29, 1.82) is 0 Å². The molecule has 3 nitrogen and oxygen atoms in total. The minimum Gasteiger partial charge on any atom is -0.494 e. The van der Waals surface area contributed by atoms with Crippen LogP contribution in [0.1, 0.15) is 63.6 Å². The van der Waals surface area contributed by atoms with E-state index in [1.165, 1.54) is 11.1 Å². The molecule has 0 bridgehead atoms. The predicted molar refractivity (Wildman–Crippen MR) is 114 cm³/mol. The molecule has 0 radical (unpaired) electrons. The van der Waals surface area contributed by atoms with E-state index in [4.69, 9.17) is 4.74 Å². The molecule has 0 fully saturated rings. The van der Waals surface area contributed by atoms with Crippen molar-refractivity contribution in [2.45, 2.75) is 65.7 Å². The second kappa shape index (κ2) is 9.59. The molecular weight excluding hydrogens is 334 g/mol. The molecule has 2 rings (SSSR count). The van der Waals surface area contributed by atoms with E-state index in [1.807, 2.05) is 31.2 Å². The van der Waals surface area contributed by atoms with E-state index in [-0.39, 0.29) is 11.3 Å². The van der Waals surface area contributed by atoms with Gasteiger partial charge in [-0.05, 0) is 60.4 Å². The van der Waals surface area contributed by atoms with Crippen LogP contribution in [0.2, 0.25) is 0 Å². The number of ether oxygens (including phenoxy) is 1. The van der Waals surface area contributed by atoms with Crippen molar-refractivity contribution in [3.05, 3.63) is 59.2 Å². The van der Waals surface area contributed by atoms with Crippen LogP contribution in [0.15, 0.2) is 42.5 Å². The zero-order chi connectivity index (χ0) is 19.9. The topological polar surface area (TPSA) is 38.3 Å². The van der Waals surface area contributed by atoms with E-state index in [0.717, 1.165) is 29.8 Å². The smallest absolute Gasteiger partial charge is 0.224 e. The van der Waals surface area contributed by atoms with Gasteiger partial charge in [0.05, 0.1) is 6.61 Å². The zero-order valence-corrected chi connectivity index (χ0v) is 17.4. The summed E-state index contributed by atoms with van der Waals surface area (Å²) in [4.78, 5) is 12.3. The maximum atomic E-state index is 12.3. The lowest BCUT2D eigenvalue weighted by atomic mass is 9.82. The first-order valence-corrected chi connectivity index (χ1v) is 9.99. The van der Waals surface area contributed by atoms with Crippen LogP contribution >= 0.6 is 0 Å². The summed E-state index contributed by atoms with van der Waals surface area (Å²) < 4.78 is 5.80. The Bertz CT molecular complexity index is 747. The van der Waals surface area contributed by atoms with Crippen LogP contribution in [0.25, 0.3) is 0 Å². The van der Waals surface area contributed by atoms with Crippen LogP contribution in [-0.4, -0.2) is 12.5 Å². The summed E-state index contributed by atoms with van der Waals surface area (Å²) in [5.74, 6) is 0.904. The number of carbonyl (C=O) groups is 1. The van der Waals surface area contributed by atoms with Crippen molar-refractivity contribution in [2.24, 2.45) is 0 Å². The molecule has 0 saturated carbocycles. The molecule has 0 aliphatic heterocycles. The lowest BCUT2D eigenvalue weighted by Gasteiger charge is -2.23. The Morgan fingerprint density at radius 1 is 1.07 bits per heavy atom. The Labute approximate surface area is 164 Å². The lowest BCUT2D eigenvalue weighted by molar-refractivity contribution is -0.116. The summed E-state index contributed by atoms with van der Waals surface area (Å²) in [6.45, 7) is 11.4. The molecule has 0 aliphatic rings. The number of benzene rings is 2. The summed E-state index contributed by atoms with van der Waals surface area (Å²) >= 11 is 0. The molecule has 0 aliphatic carbocycles. The first kappa shape index (κ1) is 21.0. The van der Waals surface area contributed by atoms with Gasteiger partial charge in [-0.2, -0.15) is 0 Å². The van der Waals surface area contributed by atoms with Crippen molar-refractivity contribution in [2.75, 3.05) is 11.9 Å². The summed E-state index contributed by atoms with van der Waals surface area (Å²) in [6, 6.07) is 14.4.